The lowest BCUT2D eigenvalue weighted by Gasteiger charge is -2.21. The Hall–Kier alpha value is -3.69. The summed E-state index contributed by atoms with van der Waals surface area (Å²) < 4.78 is 38.7. The molecule has 2 heterocycles. The van der Waals surface area contributed by atoms with E-state index in [1.54, 1.807) is 36.4 Å². The van der Waals surface area contributed by atoms with Gasteiger partial charge in [0, 0.05) is 23.7 Å². The van der Waals surface area contributed by atoms with Crippen LogP contribution in [0.15, 0.2) is 81.0 Å². The molecule has 170 valence electrons. The molecule has 0 aliphatic rings. The Labute approximate surface area is 190 Å². The lowest BCUT2D eigenvalue weighted by Crippen LogP contribution is -2.32. The van der Waals surface area contributed by atoms with Crippen molar-refractivity contribution >= 4 is 26.7 Å². The second-order valence-electron chi connectivity index (χ2n) is 7.51. The van der Waals surface area contributed by atoms with Gasteiger partial charge in [0.1, 0.15) is 11.5 Å². The first-order chi connectivity index (χ1) is 15.8. The van der Waals surface area contributed by atoms with Crippen LogP contribution >= 0.6 is 0 Å². The van der Waals surface area contributed by atoms with E-state index in [0.717, 1.165) is 5.39 Å². The smallest absolute Gasteiger partial charge is 0.252 e. The molecule has 8 nitrogen and oxygen atoms in total. The van der Waals surface area contributed by atoms with Gasteiger partial charge in [-0.3, -0.25) is 9.59 Å². The van der Waals surface area contributed by atoms with Crippen LogP contribution in [0.5, 0.6) is 5.75 Å². The molecule has 0 atom stereocenters. The number of carbonyl (C=O) groups is 1. The standard InChI is InChI=1S/C24H22N2O6S/c1-16(27)17-6-9-22(10-7-17)33(29,30)26(15-21-4-3-11-32-21)14-19-12-18-5-8-20(31-2)13-23(18)25-24(19)28/h3-13H,14-15H2,1-2H3,(H,25,28). The van der Waals surface area contributed by atoms with Crippen LogP contribution in [-0.4, -0.2) is 30.6 Å². The predicted octanol–water partition coefficient (Wildman–Crippen LogP) is 3.72. The molecule has 2 aromatic heterocycles. The number of carbonyl (C=O) groups excluding carboxylic acids is 1. The van der Waals surface area contributed by atoms with Crippen molar-refractivity contribution in [3.63, 3.8) is 0 Å². The van der Waals surface area contributed by atoms with Crippen molar-refractivity contribution < 1.29 is 22.4 Å². The van der Waals surface area contributed by atoms with Gasteiger partial charge >= 0.3 is 0 Å². The number of rotatable bonds is 8. The Morgan fingerprint density at radius 1 is 1.06 bits per heavy atom. The van der Waals surface area contributed by atoms with Crippen molar-refractivity contribution in [1.29, 1.82) is 0 Å². The van der Waals surface area contributed by atoms with Crippen molar-refractivity contribution in [1.82, 2.24) is 9.29 Å². The molecule has 9 heteroatoms. The SMILES string of the molecule is COc1ccc2cc(CN(Cc3ccco3)S(=O)(=O)c3ccc(C(C)=O)cc3)c(=O)[nH]c2c1. The number of ether oxygens (including phenoxy) is 1. The minimum Gasteiger partial charge on any atom is -0.497 e. The third-order valence-corrected chi connectivity index (χ3v) is 7.09. The van der Waals surface area contributed by atoms with Crippen molar-refractivity contribution in [2.24, 2.45) is 0 Å². The molecule has 2 aromatic carbocycles. The molecule has 0 aliphatic heterocycles. The minimum absolute atomic E-state index is 0.0148. The first kappa shape index (κ1) is 22.5. The number of nitrogens with one attached hydrogen (secondary N) is 1. The third kappa shape index (κ3) is 4.74. The van der Waals surface area contributed by atoms with Crippen LogP contribution < -0.4 is 10.3 Å². The van der Waals surface area contributed by atoms with Gasteiger partial charge in [0.05, 0.1) is 30.3 Å². The number of aromatic nitrogens is 1. The number of benzene rings is 2. The topological polar surface area (TPSA) is 110 Å². The molecule has 1 N–H and O–H groups in total. The molecular weight excluding hydrogens is 444 g/mol. The Morgan fingerprint density at radius 2 is 1.82 bits per heavy atom. The molecule has 4 aromatic rings. The summed E-state index contributed by atoms with van der Waals surface area (Å²) in [5, 5.41) is 0.742. The fourth-order valence-electron chi connectivity index (χ4n) is 3.47. The highest BCUT2D eigenvalue weighted by Crippen LogP contribution is 2.23. The lowest BCUT2D eigenvalue weighted by molar-refractivity contribution is 0.101. The molecule has 0 aliphatic carbocycles. The van der Waals surface area contributed by atoms with E-state index in [9.17, 15) is 18.0 Å². The molecule has 0 unspecified atom stereocenters. The van der Waals surface area contributed by atoms with Crippen LogP contribution in [0.2, 0.25) is 0 Å². The summed E-state index contributed by atoms with van der Waals surface area (Å²) in [6.45, 7) is 1.17. The fourth-order valence-corrected chi connectivity index (χ4v) is 4.86. The van der Waals surface area contributed by atoms with E-state index in [1.807, 2.05) is 0 Å². The zero-order chi connectivity index (χ0) is 23.6. The third-order valence-electron chi connectivity index (χ3n) is 5.29. The van der Waals surface area contributed by atoms with Gasteiger partial charge < -0.3 is 14.1 Å². The molecular formula is C24H22N2O6S. The van der Waals surface area contributed by atoms with Crippen LogP contribution in [0.1, 0.15) is 28.6 Å². The molecule has 0 spiro atoms. The number of aromatic amines is 1. The Balaban J connectivity index is 1.74. The Bertz CT molecular complexity index is 1460. The van der Waals surface area contributed by atoms with E-state index in [4.69, 9.17) is 9.15 Å². The first-order valence-corrected chi connectivity index (χ1v) is 11.6. The van der Waals surface area contributed by atoms with Gasteiger partial charge in [0.25, 0.3) is 5.56 Å². The second-order valence-corrected chi connectivity index (χ2v) is 9.45. The normalized spacial score (nSPS) is 11.7. The van der Waals surface area contributed by atoms with Gasteiger partial charge in [-0.2, -0.15) is 4.31 Å². The monoisotopic (exact) mass is 466 g/mol. The predicted molar refractivity (Wildman–Crippen MR) is 123 cm³/mol. The molecule has 33 heavy (non-hydrogen) atoms. The highest BCUT2D eigenvalue weighted by molar-refractivity contribution is 7.89. The Kier molecular flexibility index (Phi) is 6.17. The number of nitrogens with zero attached hydrogens (tertiary/aromatic N) is 1. The lowest BCUT2D eigenvalue weighted by atomic mass is 10.1. The van der Waals surface area contributed by atoms with E-state index >= 15 is 0 Å². The van der Waals surface area contributed by atoms with Gasteiger partial charge in [-0.25, -0.2) is 8.42 Å². The number of furan rings is 1. The van der Waals surface area contributed by atoms with Gasteiger partial charge in [-0.15, -0.1) is 0 Å². The van der Waals surface area contributed by atoms with Crippen LogP contribution in [0, 0.1) is 0 Å². The van der Waals surface area contributed by atoms with Gasteiger partial charge in [0.15, 0.2) is 5.78 Å². The maximum atomic E-state index is 13.5. The van der Waals surface area contributed by atoms with E-state index < -0.39 is 15.6 Å². The summed E-state index contributed by atoms with van der Waals surface area (Å²) in [5.74, 6) is 0.869. The number of pyridine rings is 1. The van der Waals surface area contributed by atoms with Gasteiger partial charge in [-0.1, -0.05) is 12.1 Å². The molecule has 4 rings (SSSR count). The number of fused-ring (bicyclic) bond motifs is 1. The van der Waals surface area contributed by atoms with Gasteiger partial charge in [-0.05, 0) is 54.8 Å². The van der Waals surface area contributed by atoms with Crippen molar-refractivity contribution in [2.45, 2.75) is 24.9 Å². The highest BCUT2D eigenvalue weighted by Gasteiger charge is 2.27. The summed E-state index contributed by atoms with van der Waals surface area (Å²) in [7, 11) is -2.47. The van der Waals surface area contributed by atoms with Gasteiger partial charge in [0.2, 0.25) is 10.0 Å². The number of ketones is 1. The van der Waals surface area contributed by atoms with Crippen LogP contribution in [0.25, 0.3) is 10.9 Å². The summed E-state index contributed by atoms with van der Waals surface area (Å²) >= 11 is 0. The van der Waals surface area contributed by atoms with E-state index in [0.29, 0.717) is 22.6 Å². The van der Waals surface area contributed by atoms with Crippen LogP contribution in [-0.2, 0) is 23.1 Å². The number of hydrogen-bond donors (Lipinski definition) is 1. The number of sulfonamides is 1. The quantitative estimate of drug-likeness (QED) is 0.396. The van der Waals surface area contributed by atoms with Crippen LogP contribution in [0.3, 0.4) is 0 Å². The largest absolute Gasteiger partial charge is 0.497 e. The molecule has 0 saturated heterocycles. The number of methoxy groups -OCH3 is 1. The average molecular weight is 467 g/mol. The number of Topliss-reactive ketones (excluding diaryl/α,β-unsaturated/α-hetero) is 1. The summed E-state index contributed by atoms with van der Waals surface area (Å²) in [5.41, 5.74) is 0.877. The second kappa shape index (κ2) is 9.05. The molecule has 0 bridgehead atoms. The Morgan fingerprint density at radius 3 is 2.45 bits per heavy atom. The maximum Gasteiger partial charge on any atom is 0.252 e. The zero-order valence-corrected chi connectivity index (χ0v) is 18.9. The average Bonchev–Trinajstić information content (AvgIpc) is 3.32. The van der Waals surface area contributed by atoms with Crippen molar-refractivity contribution in [3.8, 4) is 5.75 Å². The van der Waals surface area contributed by atoms with E-state index in [1.165, 1.54) is 48.9 Å². The highest BCUT2D eigenvalue weighted by atomic mass is 32.2. The maximum absolute atomic E-state index is 13.5. The minimum atomic E-state index is -4.01. The van der Waals surface area contributed by atoms with Crippen molar-refractivity contribution in [2.75, 3.05) is 7.11 Å². The van der Waals surface area contributed by atoms with Crippen LogP contribution in [0.4, 0.5) is 0 Å². The first-order valence-electron chi connectivity index (χ1n) is 10.1. The molecule has 0 saturated carbocycles. The van der Waals surface area contributed by atoms with E-state index in [-0.39, 0.29) is 29.3 Å². The summed E-state index contributed by atoms with van der Waals surface area (Å²) in [6, 6.07) is 16.0. The molecule has 0 amide bonds. The fraction of sp³-hybridized carbons (Fsp3) is 0.167. The van der Waals surface area contributed by atoms with E-state index in [2.05, 4.69) is 4.98 Å². The summed E-state index contributed by atoms with van der Waals surface area (Å²) in [4.78, 5) is 27.1. The number of hydrogen-bond acceptors (Lipinski definition) is 6. The summed E-state index contributed by atoms with van der Waals surface area (Å²) in [6.07, 6.45) is 1.46. The zero-order valence-electron chi connectivity index (χ0n) is 18.1. The van der Waals surface area contributed by atoms with Crippen molar-refractivity contribution in [3.05, 3.63) is 94.2 Å². The number of H-pyrrole nitrogens is 1. The molecule has 0 fully saturated rings. The molecule has 0 radical (unpaired) electrons.